The highest BCUT2D eigenvalue weighted by atomic mass is 16.5. The third-order valence-corrected chi connectivity index (χ3v) is 4.84. The number of Topliss-reactive ketones (excluding diaryl/α,β-unsaturated/α-hetero) is 1. The fourth-order valence-corrected chi connectivity index (χ4v) is 3.07. The van der Waals surface area contributed by atoms with Crippen LogP contribution in [0.5, 0.6) is 5.75 Å². The molecule has 164 valence electrons. The van der Waals surface area contributed by atoms with Gasteiger partial charge in [0, 0.05) is 36.5 Å². The molecule has 0 saturated heterocycles. The van der Waals surface area contributed by atoms with E-state index in [9.17, 15) is 9.59 Å². The van der Waals surface area contributed by atoms with E-state index in [1.165, 1.54) is 0 Å². The van der Waals surface area contributed by atoms with Gasteiger partial charge in [0.1, 0.15) is 11.4 Å². The van der Waals surface area contributed by atoms with Crippen molar-refractivity contribution in [1.82, 2.24) is 9.97 Å². The lowest BCUT2D eigenvalue weighted by Gasteiger charge is -2.14. The predicted molar refractivity (Wildman–Crippen MR) is 121 cm³/mol. The molecule has 7 heteroatoms. The Bertz CT molecular complexity index is 1060. The van der Waals surface area contributed by atoms with Crippen LogP contribution < -0.4 is 10.1 Å². The summed E-state index contributed by atoms with van der Waals surface area (Å²) in [7, 11) is 1.66. The number of hydrogen-bond acceptors (Lipinski definition) is 5. The molecule has 0 aliphatic rings. The van der Waals surface area contributed by atoms with E-state index in [0.29, 0.717) is 34.9 Å². The second-order valence-electron chi connectivity index (χ2n) is 8.61. The average Bonchev–Trinajstić information content (AvgIpc) is 3.14. The summed E-state index contributed by atoms with van der Waals surface area (Å²) >= 11 is 0. The Hall–Kier alpha value is -3.19. The Morgan fingerprint density at radius 3 is 2.52 bits per heavy atom. The summed E-state index contributed by atoms with van der Waals surface area (Å²) < 4.78 is 10.9. The van der Waals surface area contributed by atoms with Crippen LogP contribution >= 0.6 is 0 Å². The summed E-state index contributed by atoms with van der Waals surface area (Å²) in [5.41, 5.74) is 1.69. The van der Waals surface area contributed by atoms with Gasteiger partial charge in [0.15, 0.2) is 5.78 Å². The van der Waals surface area contributed by atoms with Crippen LogP contribution in [0.3, 0.4) is 0 Å². The van der Waals surface area contributed by atoms with E-state index in [1.807, 2.05) is 27.7 Å². The van der Waals surface area contributed by atoms with Gasteiger partial charge in [-0.15, -0.1) is 0 Å². The highest BCUT2D eigenvalue weighted by Crippen LogP contribution is 2.24. The first-order valence-electron chi connectivity index (χ1n) is 10.3. The van der Waals surface area contributed by atoms with E-state index in [1.54, 1.807) is 49.7 Å². The highest BCUT2D eigenvalue weighted by molar-refractivity contribution is 6.05. The Morgan fingerprint density at radius 2 is 1.87 bits per heavy atom. The van der Waals surface area contributed by atoms with Gasteiger partial charge in [0.25, 0.3) is 5.91 Å². The molecule has 2 aromatic heterocycles. The standard InChI is InChI=1S/C24H29N3O4/c1-15(10-11-30-5)31-19-8-6-16(7-9-19)23(29)26-18-12-17-13-20(21(28)24(2,3)4)27-22(17)25-14-18/h6-9,12-15H,10-11H2,1-5H3,(H,25,27)(H,26,29). The molecule has 0 radical (unpaired) electrons. The molecule has 3 aromatic rings. The quantitative estimate of drug-likeness (QED) is 0.505. The minimum atomic E-state index is -0.491. The third kappa shape index (κ3) is 5.70. The van der Waals surface area contributed by atoms with Crippen molar-refractivity contribution in [3.8, 4) is 5.75 Å². The van der Waals surface area contributed by atoms with Gasteiger partial charge >= 0.3 is 0 Å². The zero-order valence-electron chi connectivity index (χ0n) is 18.6. The van der Waals surface area contributed by atoms with E-state index in [-0.39, 0.29) is 17.8 Å². The van der Waals surface area contributed by atoms with Crippen molar-refractivity contribution in [3.63, 3.8) is 0 Å². The molecule has 3 rings (SSSR count). The molecule has 0 aliphatic heterocycles. The van der Waals surface area contributed by atoms with E-state index < -0.39 is 5.41 Å². The van der Waals surface area contributed by atoms with Crippen molar-refractivity contribution >= 4 is 28.4 Å². The normalized spacial score (nSPS) is 12.5. The van der Waals surface area contributed by atoms with Gasteiger partial charge in [-0.2, -0.15) is 0 Å². The number of carbonyl (C=O) groups is 2. The first-order chi connectivity index (χ1) is 14.7. The summed E-state index contributed by atoms with van der Waals surface area (Å²) in [6.45, 7) is 8.22. The van der Waals surface area contributed by atoms with Crippen LogP contribution in [0.2, 0.25) is 0 Å². The summed E-state index contributed by atoms with van der Waals surface area (Å²) in [5, 5.41) is 3.61. The third-order valence-electron chi connectivity index (χ3n) is 4.84. The molecule has 0 aliphatic carbocycles. The number of pyridine rings is 1. The number of fused-ring (bicyclic) bond motifs is 1. The van der Waals surface area contributed by atoms with E-state index in [4.69, 9.17) is 9.47 Å². The van der Waals surface area contributed by atoms with E-state index >= 15 is 0 Å². The summed E-state index contributed by atoms with van der Waals surface area (Å²) in [4.78, 5) is 32.5. The smallest absolute Gasteiger partial charge is 0.255 e. The zero-order valence-corrected chi connectivity index (χ0v) is 18.6. The van der Waals surface area contributed by atoms with Gasteiger partial charge in [0.05, 0.1) is 23.7 Å². The van der Waals surface area contributed by atoms with Crippen LogP contribution in [-0.4, -0.2) is 41.5 Å². The van der Waals surface area contributed by atoms with Gasteiger partial charge in [-0.1, -0.05) is 20.8 Å². The van der Waals surface area contributed by atoms with E-state index in [0.717, 1.165) is 11.8 Å². The summed E-state index contributed by atoms with van der Waals surface area (Å²) in [6.07, 6.45) is 2.38. The number of rotatable bonds is 8. The molecular weight excluding hydrogens is 394 g/mol. The number of carbonyl (C=O) groups excluding carboxylic acids is 2. The van der Waals surface area contributed by atoms with Crippen LogP contribution in [0, 0.1) is 5.41 Å². The van der Waals surface area contributed by atoms with Crippen LogP contribution in [0.1, 0.15) is 55.0 Å². The fourth-order valence-electron chi connectivity index (χ4n) is 3.07. The monoisotopic (exact) mass is 423 g/mol. The number of aromatic nitrogens is 2. The molecule has 1 amide bonds. The number of amides is 1. The molecule has 1 atom stereocenters. The first-order valence-corrected chi connectivity index (χ1v) is 10.3. The molecule has 0 fully saturated rings. The molecular formula is C24H29N3O4. The number of methoxy groups -OCH3 is 1. The maximum Gasteiger partial charge on any atom is 0.255 e. The summed E-state index contributed by atoms with van der Waals surface area (Å²) in [6, 6.07) is 10.5. The Kier molecular flexibility index (Phi) is 6.75. The Morgan fingerprint density at radius 1 is 1.16 bits per heavy atom. The largest absolute Gasteiger partial charge is 0.491 e. The minimum absolute atomic E-state index is 0.00920. The lowest BCUT2D eigenvalue weighted by Crippen LogP contribution is -2.20. The Labute approximate surface area is 182 Å². The van der Waals surface area contributed by atoms with Crippen molar-refractivity contribution in [2.24, 2.45) is 5.41 Å². The van der Waals surface area contributed by atoms with Gasteiger partial charge in [0.2, 0.25) is 0 Å². The van der Waals surface area contributed by atoms with Gasteiger partial charge < -0.3 is 19.8 Å². The van der Waals surface area contributed by atoms with Crippen molar-refractivity contribution in [1.29, 1.82) is 0 Å². The number of ketones is 1. The topological polar surface area (TPSA) is 93.3 Å². The van der Waals surface area contributed by atoms with Gasteiger partial charge in [-0.25, -0.2) is 4.98 Å². The van der Waals surface area contributed by atoms with Crippen molar-refractivity contribution in [3.05, 3.63) is 53.9 Å². The van der Waals surface area contributed by atoms with Crippen LogP contribution in [0.4, 0.5) is 5.69 Å². The van der Waals surface area contributed by atoms with Crippen molar-refractivity contribution in [2.45, 2.75) is 40.2 Å². The second-order valence-corrected chi connectivity index (χ2v) is 8.61. The van der Waals surface area contributed by atoms with Crippen molar-refractivity contribution in [2.75, 3.05) is 19.0 Å². The van der Waals surface area contributed by atoms with Gasteiger partial charge in [-0.05, 0) is 43.3 Å². The number of anilines is 1. The second kappa shape index (κ2) is 9.31. The van der Waals surface area contributed by atoms with Gasteiger partial charge in [-0.3, -0.25) is 9.59 Å². The van der Waals surface area contributed by atoms with Crippen molar-refractivity contribution < 1.29 is 19.1 Å². The molecule has 1 unspecified atom stereocenters. The fraction of sp³-hybridized carbons (Fsp3) is 0.375. The van der Waals surface area contributed by atoms with Crippen LogP contribution in [-0.2, 0) is 4.74 Å². The number of benzene rings is 1. The lowest BCUT2D eigenvalue weighted by atomic mass is 9.89. The van der Waals surface area contributed by atoms with Crippen LogP contribution in [0.25, 0.3) is 11.0 Å². The molecule has 7 nitrogen and oxygen atoms in total. The zero-order chi connectivity index (χ0) is 22.6. The minimum Gasteiger partial charge on any atom is -0.491 e. The molecule has 0 bridgehead atoms. The summed E-state index contributed by atoms with van der Waals surface area (Å²) in [5.74, 6) is 0.461. The molecule has 0 spiro atoms. The maximum absolute atomic E-state index is 12.6. The lowest BCUT2D eigenvalue weighted by molar-refractivity contribution is 0.0853. The molecule has 0 saturated carbocycles. The molecule has 1 aromatic carbocycles. The highest BCUT2D eigenvalue weighted by Gasteiger charge is 2.24. The average molecular weight is 424 g/mol. The Balaban J connectivity index is 1.67. The van der Waals surface area contributed by atoms with E-state index in [2.05, 4.69) is 15.3 Å². The molecule has 2 heterocycles. The first kappa shape index (κ1) is 22.5. The number of nitrogens with zero attached hydrogens (tertiary/aromatic N) is 1. The number of nitrogens with one attached hydrogen (secondary N) is 2. The number of ether oxygens (including phenoxy) is 2. The SMILES string of the molecule is COCCC(C)Oc1ccc(C(=O)Nc2cnc3[nH]c(C(=O)C(C)(C)C)cc3c2)cc1. The number of H-pyrrole nitrogens is 1. The van der Waals surface area contributed by atoms with Crippen LogP contribution in [0.15, 0.2) is 42.6 Å². The predicted octanol–water partition coefficient (Wildman–Crippen LogP) is 4.85. The molecule has 31 heavy (non-hydrogen) atoms. The molecule has 2 N–H and O–H groups in total. The number of aromatic amines is 1. The number of hydrogen-bond donors (Lipinski definition) is 2. The maximum atomic E-state index is 12.6.